The molecule has 0 aliphatic carbocycles. The third kappa shape index (κ3) is 4.21. The predicted octanol–water partition coefficient (Wildman–Crippen LogP) is 3.02. The molecule has 0 aliphatic rings. The molecule has 0 fully saturated rings. The first kappa shape index (κ1) is 15.4. The Balaban J connectivity index is 2.85. The van der Waals surface area contributed by atoms with E-state index in [4.69, 9.17) is 5.73 Å². The Hall–Kier alpha value is -0.670. The van der Waals surface area contributed by atoms with Crippen molar-refractivity contribution in [1.82, 2.24) is 0 Å². The van der Waals surface area contributed by atoms with E-state index in [1.165, 1.54) is 16.7 Å². The van der Waals surface area contributed by atoms with E-state index in [2.05, 4.69) is 46.8 Å². The maximum absolute atomic E-state index is 12.0. The van der Waals surface area contributed by atoms with Crippen molar-refractivity contribution in [2.75, 3.05) is 11.5 Å². The highest BCUT2D eigenvalue weighted by molar-refractivity contribution is 7.85. The van der Waals surface area contributed by atoms with Crippen LogP contribution in [0.4, 0.5) is 0 Å². The fourth-order valence-corrected chi connectivity index (χ4v) is 3.95. The minimum Gasteiger partial charge on any atom is -0.323 e. The lowest BCUT2D eigenvalue weighted by molar-refractivity contribution is 0.656. The molecule has 2 unspecified atom stereocenters. The van der Waals surface area contributed by atoms with Gasteiger partial charge >= 0.3 is 0 Å². The van der Waals surface area contributed by atoms with Crippen LogP contribution in [0.2, 0.25) is 0 Å². The third-order valence-corrected chi connectivity index (χ3v) is 4.76. The smallest absolute Gasteiger partial charge is 0.0428 e. The SMILES string of the molecule is Cc1cc(C)c(C(N)CS(=O)CC(C)C)c(C)c1. The first-order chi connectivity index (χ1) is 8.31. The normalized spacial score (nSPS) is 14.8. The van der Waals surface area contributed by atoms with Crippen molar-refractivity contribution in [2.24, 2.45) is 11.7 Å². The Labute approximate surface area is 113 Å². The van der Waals surface area contributed by atoms with Crippen molar-refractivity contribution >= 4 is 10.8 Å². The highest BCUT2D eigenvalue weighted by Crippen LogP contribution is 2.23. The van der Waals surface area contributed by atoms with Gasteiger partial charge in [0.25, 0.3) is 0 Å². The summed E-state index contributed by atoms with van der Waals surface area (Å²) in [5.74, 6) is 1.75. The van der Waals surface area contributed by atoms with Crippen LogP contribution in [-0.4, -0.2) is 15.7 Å². The molecule has 102 valence electrons. The van der Waals surface area contributed by atoms with Crippen molar-refractivity contribution in [3.05, 3.63) is 34.4 Å². The number of hydrogen-bond acceptors (Lipinski definition) is 2. The van der Waals surface area contributed by atoms with Crippen molar-refractivity contribution < 1.29 is 4.21 Å². The summed E-state index contributed by atoms with van der Waals surface area (Å²) in [6, 6.07) is 4.17. The van der Waals surface area contributed by atoms with Crippen LogP contribution >= 0.6 is 0 Å². The molecule has 18 heavy (non-hydrogen) atoms. The van der Waals surface area contributed by atoms with Crippen LogP contribution in [0, 0.1) is 26.7 Å². The van der Waals surface area contributed by atoms with Crippen LogP contribution in [0.3, 0.4) is 0 Å². The lowest BCUT2D eigenvalue weighted by Crippen LogP contribution is -2.22. The molecule has 2 nitrogen and oxygen atoms in total. The second-order valence-electron chi connectivity index (χ2n) is 5.59. The summed E-state index contributed by atoms with van der Waals surface area (Å²) < 4.78 is 12.0. The minimum absolute atomic E-state index is 0.120. The Kier molecular flexibility index (Phi) is 5.54. The summed E-state index contributed by atoms with van der Waals surface area (Å²) in [4.78, 5) is 0. The van der Waals surface area contributed by atoms with Gasteiger partial charge in [-0.2, -0.15) is 0 Å². The molecule has 2 N–H and O–H groups in total. The second-order valence-corrected chi connectivity index (χ2v) is 7.13. The maximum atomic E-state index is 12.0. The predicted molar refractivity (Wildman–Crippen MR) is 80.3 cm³/mol. The van der Waals surface area contributed by atoms with E-state index >= 15 is 0 Å². The van der Waals surface area contributed by atoms with E-state index < -0.39 is 10.8 Å². The van der Waals surface area contributed by atoms with Gasteiger partial charge in [0.15, 0.2) is 0 Å². The minimum atomic E-state index is -0.828. The highest BCUT2D eigenvalue weighted by atomic mass is 32.2. The van der Waals surface area contributed by atoms with Gasteiger partial charge in [0.2, 0.25) is 0 Å². The Morgan fingerprint density at radius 1 is 1.11 bits per heavy atom. The average Bonchev–Trinajstić information content (AvgIpc) is 2.12. The lowest BCUT2D eigenvalue weighted by atomic mass is 9.95. The zero-order chi connectivity index (χ0) is 13.9. The fraction of sp³-hybridized carbons (Fsp3) is 0.600. The molecule has 0 spiro atoms. The summed E-state index contributed by atoms with van der Waals surface area (Å²) in [6.45, 7) is 10.4. The molecule has 0 saturated carbocycles. The maximum Gasteiger partial charge on any atom is 0.0428 e. The molecular weight excluding hydrogens is 242 g/mol. The van der Waals surface area contributed by atoms with Gasteiger partial charge in [0.1, 0.15) is 0 Å². The van der Waals surface area contributed by atoms with Gasteiger partial charge < -0.3 is 5.73 Å². The average molecular weight is 267 g/mol. The first-order valence-corrected chi connectivity index (χ1v) is 7.98. The van der Waals surface area contributed by atoms with Crippen LogP contribution < -0.4 is 5.73 Å². The standard InChI is InChI=1S/C15H25NOS/c1-10(2)8-18(17)9-14(16)15-12(4)6-11(3)7-13(15)5/h6-7,10,14H,8-9,16H2,1-5H3. The highest BCUT2D eigenvalue weighted by Gasteiger charge is 2.16. The second kappa shape index (κ2) is 6.48. The summed E-state index contributed by atoms with van der Waals surface area (Å²) >= 11 is 0. The molecule has 2 atom stereocenters. The largest absolute Gasteiger partial charge is 0.323 e. The molecule has 0 amide bonds. The van der Waals surface area contributed by atoms with Crippen LogP contribution in [0.25, 0.3) is 0 Å². The molecule has 3 heteroatoms. The summed E-state index contributed by atoms with van der Waals surface area (Å²) in [5, 5.41) is 0. The van der Waals surface area contributed by atoms with Gasteiger partial charge in [-0.05, 0) is 43.4 Å². The number of nitrogens with two attached hydrogens (primary N) is 1. The molecule has 1 rings (SSSR count). The van der Waals surface area contributed by atoms with E-state index in [1.807, 2.05) is 0 Å². The number of hydrogen-bond donors (Lipinski definition) is 1. The first-order valence-electron chi connectivity index (χ1n) is 6.49. The Morgan fingerprint density at radius 3 is 2.06 bits per heavy atom. The van der Waals surface area contributed by atoms with Crippen LogP contribution in [-0.2, 0) is 10.8 Å². The van der Waals surface area contributed by atoms with Crippen LogP contribution in [0.5, 0.6) is 0 Å². The van der Waals surface area contributed by atoms with E-state index in [0.29, 0.717) is 11.7 Å². The monoisotopic (exact) mass is 267 g/mol. The molecule has 1 aromatic carbocycles. The molecule has 1 aromatic rings. The molecule has 0 aromatic heterocycles. The van der Waals surface area contributed by atoms with Crippen LogP contribution in [0.1, 0.15) is 42.1 Å². The van der Waals surface area contributed by atoms with Gasteiger partial charge in [-0.25, -0.2) is 0 Å². The van der Waals surface area contributed by atoms with Gasteiger partial charge in [-0.3, -0.25) is 4.21 Å². The van der Waals surface area contributed by atoms with Crippen molar-refractivity contribution in [2.45, 2.75) is 40.7 Å². The summed E-state index contributed by atoms with van der Waals surface area (Å²) in [7, 11) is -0.828. The topological polar surface area (TPSA) is 43.1 Å². The van der Waals surface area contributed by atoms with Crippen LogP contribution in [0.15, 0.2) is 12.1 Å². The summed E-state index contributed by atoms with van der Waals surface area (Å²) in [6.07, 6.45) is 0. The molecule has 0 bridgehead atoms. The number of aryl methyl sites for hydroxylation is 3. The quantitative estimate of drug-likeness (QED) is 0.891. The van der Waals surface area contributed by atoms with E-state index in [0.717, 1.165) is 11.3 Å². The van der Waals surface area contributed by atoms with Crippen molar-refractivity contribution in [1.29, 1.82) is 0 Å². The molecular formula is C15H25NOS. The fourth-order valence-electron chi connectivity index (χ4n) is 2.50. The zero-order valence-corrected chi connectivity index (χ0v) is 12.9. The molecule has 0 aliphatic heterocycles. The van der Waals surface area contributed by atoms with E-state index in [9.17, 15) is 4.21 Å². The number of benzene rings is 1. The summed E-state index contributed by atoms with van der Waals surface area (Å²) in [5.41, 5.74) is 11.1. The van der Waals surface area contributed by atoms with Gasteiger partial charge in [0.05, 0.1) is 0 Å². The van der Waals surface area contributed by atoms with Crippen molar-refractivity contribution in [3.63, 3.8) is 0 Å². The Morgan fingerprint density at radius 2 is 1.61 bits per heavy atom. The molecule has 0 heterocycles. The van der Waals surface area contributed by atoms with Gasteiger partial charge in [-0.1, -0.05) is 31.5 Å². The molecule has 0 saturated heterocycles. The van der Waals surface area contributed by atoms with Crippen molar-refractivity contribution in [3.8, 4) is 0 Å². The zero-order valence-electron chi connectivity index (χ0n) is 12.1. The van der Waals surface area contributed by atoms with Gasteiger partial charge in [-0.15, -0.1) is 0 Å². The lowest BCUT2D eigenvalue weighted by Gasteiger charge is -2.18. The van der Waals surface area contributed by atoms with E-state index in [-0.39, 0.29) is 6.04 Å². The molecule has 0 radical (unpaired) electrons. The Bertz CT molecular complexity index is 417. The van der Waals surface area contributed by atoms with E-state index in [1.54, 1.807) is 0 Å². The third-order valence-electron chi connectivity index (χ3n) is 2.99. The number of rotatable bonds is 5. The van der Waals surface area contributed by atoms with Gasteiger partial charge in [0, 0.05) is 28.3 Å².